The van der Waals surface area contributed by atoms with Gasteiger partial charge in [-0.25, -0.2) is 19.4 Å². The Morgan fingerprint density at radius 3 is 3.00 bits per heavy atom. The summed E-state index contributed by atoms with van der Waals surface area (Å²) in [5.74, 6) is -0.0689. The van der Waals surface area contributed by atoms with E-state index in [1.165, 1.54) is 17.2 Å². The first-order valence-electron chi connectivity index (χ1n) is 6.27. The molecule has 0 saturated heterocycles. The molecule has 9 nitrogen and oxygen atoms in total. The minimum atomic E-state index is -0.565. The molecule has 0 atom stereocenters. The summed E-state index contributed by atoms with van der Waals surface area (Å²) in [7, 11) is 1.78. The second-order valence-corrected chi connectivity index (χ2v) is 4.30. The Kier molecular flexibility index (Phi) is 3.01. The van der Waals surface area contributed by atoms with Crippen molar-refractivity contribution < 1.29 is 9.53 Å². The minimum absolute atomic E-state index is 0.0625. The zero-order valence-corrected chi connectivity index (χ0v) is 11.5. The SMILES string of the molecule is CCOC(=O)c1nn(-c2ncnc3c2cnn3C)cc1N. The predicted molar refractivity (Wildman–Crippen MR) is 73.8 cm³/mol. The van der Waals surface area contributed by atoms with Crippen LogP contribution in [0, 0.1) is 0 Å². The number of carbonyl (C=O) groups is 1. The third-order valence-electron chi connectivity index (χ3n) is 2.94. The van der Waals surface area contributed by atoms with E-state index in [0.29, 0.717) is 16.9 Å². The summed E-state index contributed by atoms with van der Waals surface area (Å²) in [6.07, 6.45) is 4.55. The van der Waals surface area contributed by atoms with Gasteiger partial charge < -0.3 is 10.5 Å². The molecular weight excluding hydrogens is 274 g/mol. The molecular formula is C12H13N7O2. The number of hydrogen-bond acceptors (Lipinski definition) is 7. The number of aryl methyl sites for hydroxylation is 1. The molecule has 0 fully saturated rings. The number of nitrogens with zero attached hydrogens (tertiary/aromatic N) is 6. The van der Waals surface area contributed by atoms with Crippen LogP contribution in [0.5, 0.6) is 0 Å². The third-order valence-corrected chi connectivity index (χ3v) is 2.94. The second-order valence-electron chi connectivity index (χ2n) is 4.30. The highest BCUT2D eigenvalue weighted by molar-refractivity contribution is 5.93. The molecule has 3 rings (SSSR count). The van der Waals surface area contributed by atoms with Gasteiger partial charge in [-0.05, 0) is 6.92 Å². The largest absolute Gasteiger partial charge is 0.461 e. The lowest BCUT2D eigenvalue weighted by molar-refractivity contribution is 0.0520. The number of nitrogens with two attached hydrogens (primary N) is 1. The minimum Gasteiger partial charge on any atom is -0.461 e. The van der Waals surface area contributed by atoms with Gasteiger partial charge in [-0.2, -0.15) is 10.2 Å². The van der Waals surface area contributed by atoms with Crippen LogP contribution in [0.15, 0.2) is 18.7 Å². The zero-order chi connectivity index (χ0) is 15.0. The molecule has 3 aromatic rings. The first-order valence-corrected chi connectivity index (χ1v) is 6.27. The van der Waals surface area contributed by atoms with Crippen molar-refractivity contribution >= 4 is 22.7 Å². The Morgan fingerprint density at radius 1 is 1.43 bits per heavy atom. The third kappa shape index (κ3) is 2.08. The van der Waals surface area contributed by atoms with E-state index in [-0.39, 0.29) is 18.0 Å². The first-order chi connectivity index (χ1) is 10.1. The normalized spacial score (nSPS) is 11.0. The van der Waals surface area contributed by atoms with Crippen LogP contribution in [0.4, 0.5) is 5.69 Å². The summed E-state index contributed by atoms with van der Waals surface area (Å²) in [5, 5.41) is 8.98. The molecule has 0 radical (unpaired) electrons. The molecule has 0 unspecified atom stereocenters. The summed E-state index contributed by atoms with van der Waals surface area (Å²) in [6, 6.07) is 0. The number of fused-ring (bicyclic) bond motifs is 1. The summed E-state index contributed by atoms with van der Waals surface area (Å²) in [5.41, 5.74) is 6.76. The highest BCUT2D eigenvalue weighted by Gasteiger charge is 2.18. The molecule has 0 aromatic carbocycles. The van der Waals surface area contributed by atoms with Crippen molar-refractivity contribution in [3.63, 3.8) is 0 Å². The van der Waals surface area contributed by atoms with Gasteiger partial charge in [0.25, 0.3) is 0 Å². The van der Waals surface area contributed by atoms with Gasteiger partial charge in [0.2, 0.25) is 0 Å². The molecule has 3 aromatic heterocycles. The number of anilines is 1. The van der Waals surface area contributed by atoms with Crippen LogP contribution in [-0.4, -0.2) is 42.1 Å². The molecule has 0 bridgehead atoms. The summed E-state index contributed by atoms with van der Waals surface area (Å²) in [6.45, 7) is 1.97. The second kappa shape index (κ2) is 4.85. The molecule has 2 N–H and O–H groups in total. The smallest absolute Gasteiger partial charge is 0.361 e. The van der Waals surface area contributed by atoms with E-state index in [1.54, 1.807) is 24.9 Å². The van der Waals surface area contributed by atoms with E-state index in [9.17, 15) is 4.79 Å². The fourth-order valence-electron chi connectivity index (χ4n) is 1.99. The monoisotopic (exact) mass is 287 g/mol. The molecule has 0 saturated carbocycles. The molecule has 9 heteroatoms. The number of ether oxygens (including phenoxy) is 1. The van der Waals surface area contributed by atoms with Crippen LogP contribution in [0.2, 0.25) is 0 Å². The zero-order valence-electron chi connectivity index (χ0n) is 11.5. The van der Waals surface area contributed by atoms with E-state index in [1.807, 2.05) is 0 Å². The van der Waals surface area contributed by atoms with Crippen molar-refractivity contribution in [2.24, 2.45) is 7.05 Å². The molecule has 0 aliphatic heterocycles. The summed E-state index contributed by atoms with van der Waals surface area (Å²) < 4.78 is 7.95. The number of hydrogen-bond donors (Lipinski definition) is 1. The summed E-state index contributed by atoms with van der Waals surface area (Å²) in [4.78, 5) is 20.1. The van der Waals surface area contributed by atoms with Crippen molar-refractivity contribution in [1.82, 2.24) is 29.5 Å². The standard InChI is InChI=1S/C12H13N7O2/c1-3-21-12(20)9-8(13)5-19(17-9)11-7-4-16-18(2)10(7)14-6-15-11/h4-6H,3,13H2,1-2H3. The van der Waals surface area contributed by atoms with E-state index < -0.39 is 5.97 Å². The molecule has 3 heterocycles. The maximum absolute atomic E-state index is 11.8. The molecule has 0 spiro atoms. The average molecular weight is 287 g/mol. The number of nitrogen functional groups attached to an aromatic ring is 1. The van der Waals surface area contributed by atoms with E-state index in [0.717, 1.165) is 0 Å². The van der Waals surface area contributed by atoms with E-state index in [2.05, 4.69) is 20.2 Å². The molecule has 0 aliphatic carbocycles. The summed E-state index contributed by atoms with van der Waals surface area (Å²) >= 11 is 0. The molecule has 0 amide bonds. The van der Waals surface area contributed by atoms with Crippen LogP contribution in [0.3, 0.4) is 0 Å². The van der Waals surface area contributed by atoms with Crippen molar-refractivity contribution in [3.05, 3.63) is 24.4 Å². The Hall–Kier alpha value is -2.97. The van der Waals surface area contributed by atoms with Crippen LogP contribution in [-0.2, 0) is 11.8 Å². The fraction of sp³-hybridized carbons (Fsp3) is 0.250. The lowest BCUT2D eigenvalue weighted by Gasteiger charge is -2.01. The number of rotatable bonds is 3. The topological polar surface area (TPSA) is 114 Å². The lowest BCUT2D eigenvalue weighted by atomic mass is 10.4. The van der Waals surface area contributed by atoms with Gasteiger partial charge in [0.1, 0.15) is 6.33 Å². The maximum atomic E-state index is 11.8. The van der Waals surface area contributed by atoms with E-state index in [4.69, 9.17) is 10.5 Å². The van der Waals surface area contributed by atoms with Gasteiger partial charge in [0.15, 0.2) is 17.2 Å². The van der Waals surface area contributed by atoms with Crippen LogP contribution in [0.25, 0.3) is 16.9 Å². The maximum Gasteiger partial charge on any atom is 0.361 e. The van der Waals surface area contributed by atoms with Crippen molar-refractivity contribution in [3.8, 4) is 5.82 Å². The Labute approximate surface area is 119 Å². The number of aromatic nitrogens is 6. The van der Waals surface area contributed by atoms with E-state index >= 15 is 0 Å². The Bertz CT molecular complexity index is 820. The van der Waals surface area contributed by atoms with Gasteiger partial charge in [-0.15, -0.1) is 0 Å². The molecule has 21 heavy (non-hydrogen) atoms. The van der Waals surface area contributed by atoms with Gasteiger partial charge in [-0.3, -0.25) is 4.68 Å². The van der Waals surface area contributed by atoms with Crippen LogP contribution >= 0.6 is 0 Å². The Balaban J connectivity index is 2.11. The van der Waals surface area contributed by atoms with Gasteiger partial charge in [0, 0.05) is 7.05 Å². The highest BCUT2D eigenvalue weighted by Crippen LogP contribution is 2.19. The van der Waals surface area contributed by atoms with Crippen molar-refractivity contribution in [2.75, 3.05) is 12.3 Å². The van der Waals surface area contributed by atoms with Gasteiger partial charge in [0.05, 0.1) is 30.1 Å². The van der Waals surface area contributed by atoms with Crippen molar-refractivity contribution in [1.29, 1.82) is 0 Å². The highest BCUT2D eigenvalue weighted by atomic mass is 16.5. The fourth-order valence-corrected chi connectivity index (χ4v) is 1.99. The number of esters is 1. The molecule has 108 valence electrons. The van der Waals surface area contributed by atoms with Crippen LogP contribution in [0.1, 0.15) is 17.4 Å². The quantitative estimate of drug-likeness (QED) is 0.689. The van der Waals surface area contributed by atoms with Gasteiger partial charge in [-0.1, -0.05) is 0 Å². The predicted octanol–water partition coefficient (Wildman–Crippen LogP) is 0.308. The van der Waals surface area contributed by atoms with Gasteiger partial charge >= 0.3 is 5.97 Å². The first kappa shape index (κ1) is 13.0. The molecule has 0 aliphatic rings. The average Bonchev–Trinajstić information content (AvgIpc) is 3.03. The number of carbonyl (C=O) groups excluding carboxylic acids is 1. The Morgan fingerprint density at radius 2 is 2.24 bits per heavy atom. The van der Waals surface area contributed by atoms with Crippen LogP contribution < -0.4 is 5.73 Å². The van der Waals surface area contributed by atoms with Crippen molar-refractivity contribution in [2.45, 2.75) is 6.92 Å². The lowest BCUT2D eigenvalue weighted by Crippen LogP contribution is -2.09.